The highest BCUT2D eigenvalue weighted by Gasteiger charge is 2.53. The van der Waals surface area contributed by atoms with Crippen molar-refractivity contribution in [1.29, 1.82) is 0 Å². The molecule has 3 rings (SSSR count). The Morgan fingerprint density at radius 1 is 1.19 bits per heavy atom. The molecule has 0 spiro atoms. The van der Waals surface area contributed by atoms with Gasteiger partial charge in [-0.05, 0) is 40.5 Å². The van der Waals surface area contributed by atoms with Crippen LogP contribution in [0, 0.1) is 0 Å². The van der Waals surface area contributed by atoms with Gasteiger partial charge in [0.15, 0.2) is 11.5 Å². The molecule has 6 heteroatoms. The van der Waals surface area contributed by atoms with Gasteiger partial charge in [0.25, 0.3) is 0 Å². The highest BCUT2D eigenvalue weighted by atomic mass is 16.7. The summed E-state index contributed by atoms with van der Waals surface area (Å²) < 4.78 is 23.5. The van der Waals surface area contributed by atoms with E-state index in [2.05, 4.69) is 4.98 Å². The van der Waals surface area contributed by atoms with Crippen LogP contribution in [0.2, 0.25) is 0 Å². The van der Waals surface area contributed by atoms with E-state index in [0.29, 0.717) is 17.1 Å². The number of hydrogen-bond donors (Lipinski definition) is 0. The van der Waals surface area contributed by atoms with Crippen molar-refractivity contribution in [1.82, 2.24) is 4.98 Å². The number of methoxy groups -OCH3 is 1. The summed E-state index contributed by atoms with van der Waals surface area (Å²) in [5.74, 6) is 1.31. The standard InChI is InChI=1S/C15H22BNO4/c1-14(2)15(3,4)21-16(20-14)13-12(19-10-6-7-10)11(18-5)8-9-17-13/h8-10H,6-7H2,1-5H3. The Morgan fingerprint density at radius 2 is 1.81 bits per heavy atom. The fourth-order valence-electron chi connectivity index (χ4n) is 2.20. The first-order valence-corrected chi connectivity index (χ1v) is 7.39. The second-order valence-corrected chi connectivity index (χ2v) is 6.63. The van der Waals surface area contributed by atoms with Crippen LogP contribution in [0.15, 0.2) is 12.3 Å². The minimum Gasteiger partial charge on any atom is -0.493 e. The largest absolute Gasteiger partial charge is 0.518 e. The highest BCUT2D eigenvalue weighted by Crippen LogP contribution is 2.38. The summed E-state index contributed by atoms with van der Waals surface area (Å²) in [5.41, 5.74) is -0.154. The minimum absolute atomic E-state index is 0.254. The summed E-state index contributed by atoms with van der Waals surface area (Å²) in [6.45, 7) is 8.09. The Labute approximate surface area is 126 Å². The second kappa shape index (κ2) is 4.88. The van der Waals surface area contributed by atoms with E-state index in [9.17, 15) is 0 Å². The molecule has 21 heavy (non-hydrogen) atoms. The Kier molecular flexibility index (Phi) is 3.41. The summed E-state index contributed by atoms with van der Waals surface area (Å²) in [6.07, 6.45) is 4.09. The topological polar surface area (TPSA) is 49.8 Å². The third-order valence-electron chi connectivity index (χ3n) is 4.40. The zero-order valence-corrected chi connectivity index (χ0v) is 13.3. The lowest BCUT2D eigenvalue weighted by Crippen LogP contribution is -2.41. The lowest BCUT2D eigenvalue weighted by Gasteiger charge is -2.32. The first-order valence-electron chi connectivity index (χ1n) is 7.39. The summed E-state index contributed by atoms with van der Waals surface area (Å²) in [7, 11) is 1.09. The molecule has 2 heterocycles. The van der Waals surface area contributed by atoms with Crippen molar-refractivity contribution in [3.8, 4) is 11.5 Å². The van der Waals surface area contributed by atoms with E-state index in [1.165, 1.54) is 0 Å². The van der Waals surface area contributed by atoms with Gasteiger partial charge in [0.05, 0.1) is 24.4 Å². The molecule has 0 unspecified atom stereocenters. The maximum Gasteiger partial charge on any atom is 0.518 e. The molecule has 1 aromatic heterocycles. The van der Waals surface area contributed by atoms with E-state index in [4.69, 9.17) is 18.8 Å². The monoisotopic (exact) mass is 291 g/mol. The van der Waals surface area contributed by atoms with Crippen LogP contribution in [0.3, 0.4) is 0 Å². The fraction of sp³-hybridized carbons (Fsp3) is 0.667. The Hall–Kier alpha value is -1.27. The predicted octanol–water partition coefficient (Wildman–Crippen LogP) is 1.93. The number of hydrogen-bond acceptors (Lipinski definition) is 5. The van der Waals surface area contributed by atoms with Gasteiger partial charge in [0.2, 0.25) is 0 Å². The van der Waals surface area contributed by atoms with Gasteiger partial charge >= 0.3 is 7.12 Å². The maximum atomic E-state index is 6.07. The molecule has 1 saturated heterocycles. The zero-order valence-electron chi connectivity index (χ0n) is 13.3. The van der Waals surface area contributed by atoms with Crippen molar-refractivity contribution < 1.29 is 18.8 Å². The highest BCUT2D eigenvalue weighted by molar-refractivity contribution is 6.62. The molecule has 1 aliphatic heterocycles. The molecule has 0 amide bonds. The van der Waals surface area contributed by atoms with Crippen LogP contribution in [-0.4, -0.2) is 36.5 Å². The summed E-state index contributed by atoms with van der Waals surface area (Å²) in [6, 6.07) is 1.80. The van der Waals surface area contributed by atoms with Crippen molar-refractivity contribution in [2.45, 2.75) is 57.8 Å². The minimum atomic E-state index is -0.543. The summed E-state index contributed by atoms with van der Waals surface area (Å²) >= 11 is 0. The molecule has 0 N–H and O–H groups in total. The molecule has 5 nitrogen and oxygen atoms in total. The smallest absolute Gasteiger partial charge is 0.493 e. The number of pyridine rings is 1. The molecule has 0 bridgehead atoms. The van der Waals surface area contributed by atoms with Gasteiger partial charge < -0.3 is 18.8 Å². The molecule has 0 atom stereocenters. The molecule has 2 fully saturated rings. The third kappa shape index (κ3) is 2.62. The van der Waals surface area contributed by atoms with Gasteiger partial charge in [-0.25, -0.2) is 0 Å². The van der Waals surface area contributed by atoms with E-state index in [0.717, 1.165) is 12.8 Å². The van der Waals surface area contributed by atoms with E-state index in [1.54, 1.807) is 19.4 Å². The first-order chi connectivity index (χ1) is 9.84. The number of nitrogens with zero attached hydrogens (tertiary/aromatic N) is 1. The van der Waals surface area contributed by atoms with Gasteiger partial charge in [-0.1, -0.05) is 0 Å². The number of ether oxygens (including phenoxy) is 2. The third-order valence-corrected chi connectivity index (χ3v) is 4.40. The molecular weight excluding hydrogens is 269 g/mol. The normalized spacial score (nSPS) is 23.2. The van der Waals surface area contributed by atoms with Crippen molar-refractivity contribution in [2.24, 2.45) is 0 Å². The molecule has 0 aromatic carbocycles. The molecule has 0 radical (unpaired) electrons. The van der Waals surface area contributed by atoms with Gasteiger partial charge in [-0.3, -0.25) is 4.98 Å². The van der Waals surface area contributed by atoms with E-state index >= 15 is 0 Å². The molecule has 1 aromatic rings. The van der Waals surface area contributed by atoms with Gasteiger partial charge in [0.1, 0.15) is 5.59 Å². The lowest BCUT2D eigenvalue weighted by molar-refractivity contribution is 0.00578. The van der Waals surface area contributed by atoms with Crippen LogP contribution in [0.25, 0.3) is 0 Å². The van der Waals surface area contributed by atoms with Crippen LogP contribution in [0.4, 0.5) is 0 Å². The second-order valence-electron chi connectivity index (χ2n) is 6.63. The fourth-order valence-corrected chi connectivity index (χ4v) is 2.20. The van der Waals surface area contributed by atoms with Crippen molar-refractivity contribution in [2.75, 3.05) is 7.11 Å². The van der Waals surface area contributed by atoms with Crippen LogP contribution < -0.4 is 15.1 Å². The molecule has 114 valence electrons. The van der Waals surface area contributed by atoms with Crippen LogP contribution in [0.1, 0.15) is 40.5 Å². The first kappa shape index (κ1) is 14.7. The van der Waals surface area contributed by atoms with Gasteiger partial charge in [-0.15, -0.1) is 0 Å². The average Bonchev–Trinajstić information content (AvgIpc) is 3.17. The molecule has 1 saturated carbocycles. The quantitative estimate of drug-likeness (QED) is 0.793. The van der Waals surface area contributed by atoms with Crippen molar-refractivity contribution in [3.05, 3.63) is 12.3 Å². The zero-order chi connectivity index (χ0) is 15.3. The van der Waals surface area contributed by atoms with Gasteiger partial charge in [0, 0.05) is 12.3 Å². The average molecular weight is 291 g/mol. The predicted molar refractivity (Wildman–Crippen MR) is 80.2 cm³/mol. The number of aromatic nitrogens is 1. The van der Waals surface area contributed by atoms with E-state index in [1.807, 2.05) is 27.7 Å². The molecular formula is C15H22BNO4. The van der Waals surface area contributed by atoms with E-state index < -0.39 is 18.3 Å². The Bertz CT molecular complexity index is 526. The number of rotatable bonds is 4. The van der Waals surface area contributed by atoms with Crippen LogP contribution in [-0.2, 0) is 9.31 Å². The maximum absolute atomic E-state index is 6.07. The Morgan fingerprint density at radius 3 is 2.33 bits per heavy atom. The van der Waals surface area contributed by atoms with Crippen LogP contribution in [0.5, 0.6) is 11.5 Å². The van der Waals surface area contributed by atoms with E-state index in [-0.39, 0.29) is 6.10 Å². The SMILES string of the molecule is COc1ccnc(B2OC(C)(C)C(C)(C)O2)c1OC1CC1. The van der Waals surface area contributed by atoms with Gasteiger partial charge in [-0.2, -0.15) is 0 Å². The molecule has 1 aliphatic carbocycles. The van der Waals surface area contributed by atoms with Crippen molar-refractivity contribution in [3.63, 3.8) is 0 Å². The molecule has 2 aliphatic rings. The van der Waals surface area contributed by atoms with Crippen LogP contribution >= 0.6 is 0 Å². The lowest BCUT2D eigenvalue weighted by atomic mass is 9.83. The summed E-state index contributed by atoms with van der Waals surface area (Å²) in [5, 5.41) is 0. The van der Waals surface area contributed by atoms with Crippen molar-refractivity contribution >= 4 is 12.7 Å². The summed E-state index contributed by atoms with van der Waals surface area (Å²) in [4.78, 5) is 4.43. The Balaban J connectivity index is 1.95.